The summed E-state index contributed by atoms with van der Waals surface area (Å²) in [6, 6.07) is 16.5. The van der Waals surface area contributed by atoms with E-state index in [1.807, 2.05) is 18.2 Å². The fourth-order valence-electron chi connectivity index (χ4n) is 3.78. The van der Waals surface area contributed by atoms with Crippen molar-refractivity contribution in [2.24, 2.45) is 0 Å². The smallest absolute Gasteiger partial charge is 0.290 e. The molecule has 6 nitrogen and oxygen atoms in total. The summed E-state index contributed by atoms with van der Waals surface area (Å²) in [6.45, 7) is 3.83. The Labute approximate surface area is 171 Å². The highest BCUT2D eigenvalue weighted by molar-refractivity contribution is 7.18. The van der Waals surface area contributed by atoms with Crippen molar-refractivity contribution in [2.45, 2.75) is 6.54 Å². The maximum absolute atomic E-state index is 12.9. The summed E-state index contributed by atoms with van der Waals surface area (Å²) >= 11 is 1.74. The third kappa shape index (κ3) is 3.54. The van der Waals surface area contributed by atoms with Crippen LogP contribution in [0.1, 0.15) is 15.6 Å². The number of hydrogen-bond donors (Lipinski definition) is 1. The number of nitrogens with one attached hydrogen (secondary N) is 1. The largest absolute Gasteiger partial charge is 0.451 e. The topological polar surface area (TPSA) is 67.8 Å². The molecule has 0 saturated carbocycles. The van der Waals surface area contributed by atoms with Gasteiger partial charge in [-0.1, -0.05) is 24.3 Å². The Morgan fingerprint density at radius 3 is 2.69 bits per heavy atom. The Morgan fingerprint density at radius 1 is 1.10 bits per heavy atom. The fraction of sp³-hybridized carbons (Fsp3) is 0.227. The van der Waals surface area contributed by atoms with Crippen LogP contribution in [-0.2, 0) is 6.54 Å². The number of quaternary nitrogens is 1. The Hall–Kier alpha value is -3.03. The van der Waals surface area contributed by atoms with Gasteiger partial charge in [-0.05, 0) is 24.3 Å². The van der Waals surface area contributed by atoms with E-state index < -0.39 is 0 Å². The second-order valence-corrected chi connectivity index (χ2v) is 8.38. The number of nitrogens with zero attached hydrogens (tertiary/aromatic N) is 2. The predicted octanol–water partition coefficient (Wildman–Crippen LogP) is 1.94. The first kappa shape index (κ1) is 18.0. The summed E-state index contributed by atoms with van der Waals surface area (Å²) in [5, 5.41) is 1.62. The second kappa shape index (κ2) is 7.42. The molecule has 0 radical (unpaired) electrons. The van der Waals surface area contributed by atoms with Crippen LogP contribution >= 0.6 is 11.3 Å². The summed E-state index contributed by atoms with van der Waals surface area (Å²) < 4.78 is 6.92. The zero-order valence-electron chi connectivity index (χ0n) is 15.8. The zero-order valence-corrected chi connectivity index (χ0v) is 16.6. The first-order valence-corrected chi connectivity index (χ1v) is 10.5. The average Bonchev–Trinajstić information content (AvgIpc) is 3.16. The molecule has 1 amide bonds. The van der Waals surface area contributed by atoms with Crippen LogP contribution in [-0.4, -0.2) is 42.0 Å². The van der Waals surface area contributed by atoms with E-state index in [4.69, 9.17) is 9.40 Å². The standard InChI is InChI=1S/C22H19N3O3S/c26-17-13-19(28-18-7-3-1-5-15(17)18)22(27)25-11-9-24(10-12-25)14-21-23-16-6-2-4-8-20(16)29-21/h1-8,13H,9-12,14H2/p+1. The molecule has 0 spiro atoms. The molecule has 1 N–H and O–H groups in total. The van der Waals surface area contributed by atoms with Gasteiger partial charge in [-0.15, -0.1) is 11.3 Å². The number of thiazole rings is 1. The molecule has 2 aromatic carbocycles. The molecular formula is C22H20N3O3S+. The third-order valence-corrected chi connectivity index (χ3v) is 6.38. The lowest BCUT2D eigenvalue weighted by Crippen LogP contribution is -3.13. The van der Waals surface area contributed by atoms with Crippen molar-refractivity contribution in [2.75, 3.05) is 26.2 Å². The number of piperazine rings is 1. The van der Waals surface area contributed by atoms with Crippen molar-refractivity contribution < 1.29 is 14.1 Å². The summed E-state index contributed by atoms with van der Waals surface area (Å²) in [4.78, 5) is 33.0. The minimum atomic E-state index is -0.216. The molecule has 1 aliphatic heterocycles. The van der Waals surface area contributed by atoms with E-state index in [-0.39, 0.29) is 17.1 Å². The molecule has 0 aliphatic carbocycles. The number of fused-ring (bicyclic) bond motifs is 2. The van der Waals surface area contributed by atoms with E-state index in [1.165, 1.54) is 15.7 Å². The van der Waals surface area contributed by atoms with E-state index in [0.29, 0.717) is 24.1 Å². The van der Waals surface area contributed by atoms with Gasteiger partial charge in [0.15, 0.2) is 11.2 Å². The number of amides is 1. The van der Waals surface area contributed by atoms with Gasteiger partial charge in [0.25, 0.3) is 5.91 Å². The van der Waals surface area contributed by atoms with Crippen LogP contribution in [0.3, 0.4) is 0 Å². The van der Waals surface area contributed by atoms with E-state index in [0.717, 1.165) is 30.2 Å². The van der Waals surface area contributed by atoms with Crippen LogP contribution in [0.25, 0.3) is 21.2 Å². The van der Waals surface area contributed by atoms with Gasteiger partial charge < -0.3 is 14.2 Å². The van der Waals surface area contributed by atoms with Crippen molar-refractivity contribution >= 4 is 38.4 Å². The van der Waals surface area contributed by atoms with Gasteiger partial charge in [-0.25, -0.2) is 4.98 Å². The van der Waals surface area contributed by atoms with Gasteiger partial charge >= 0.3 is 0 Å². The number of para-hydroxylation sites is 2. The zero-order chi connectivity index (χ0) is 19.8. The Kier molecular flexibility index (Phi) is 4.61. The van der Waals surface area contributed by atoms with Crippen LogP contribution in [0.5, 0.6) is 0 Å². The van der Waals surface area contributed by atoms with Crippen molar-refractivity contribution in [1.82, 2.24) is 9.88 Å². The predicted molar refractivity (Wildman–Crippen MR) is 112 cm³/mol. The van der Waals surface area contributed by atoms with E-state index >= 15 is 0 Å². The molecule has 2 aromatic heterocycles. The number of aromatic nitrogens is 1. The van der Waals surface area contributed by atoms with Gasteiger partial charge in [-0.2, -0.15) is 0 Å². The molecule has 5 rings (SSSR count). The number of carbonyl (C=O) groups excluding carboxylic acids is 1. The Balaban J connectivity index is 1.26. The quantitative estimate of drug-likeness (QED) is 0.565. The maximum atomic E-state index is 12.9. The van der Waals surface area contributed by atoms with Crippen molar-refractivity contribution in [3.8, 4) is 0 Å². The van der Waals surface area contributed by atoms with Gasteiger partial charge in [0, 0.05) is 6.07 Å². The second-order valence-electron chi connectivity index (χ2n) is 7.27. The molecule has 1 fully saturated rings. The molecule has 3 heterocycles. The summed E-state index contributed by atoms with van der Waals surface area (Å²) in [5.74, 6) is -0.102. The molecule has 0 unspecified atom stereocenters. The average molecular weight is 406 g/mol. The molecule has 1 aliphatic rings. The molecule has 4 aromatic rings. The summed E-state index contributed by atoms with van der Waals surface area (Å²) in [5.41, 5.74) is 1.31. The minimum absolute atomic E-state index is 0.114. The molecule has 0 bridgehead atoms. The lowest BCUT2D eigenvalue weighted by molar-refractivity contribution is -0.917. The van der Waals surface area contributed by atoms with E-state index in [2.05, 4.69) is 6.07 Å². The Morgan fingerprint density at radius 2 is 1.86 bits per heavy atom. The molecule has 0 atom stereocenters. The minimum Gasteiger partial charge on any atom is -0.451 e. The molecule has 146 valence electrons. The highest BCUT2D eigenvalue weighted by Gasteiger charge is 2.27. The SMILES string of the molecule is O=C(c1cc(=O)c2ccccc2o1)N1CC[NH+](Cc2nc3ccccc3s2)CC1. The van der Waals surface area contributed by atoms with Crippen LogP contribution in [0, 0.1) is 0 Å². The highest BCUT2D eigenvalue weighted by atomic mass is 32.1. The molecule has 1 saturated heterocycles. The number of carbonyl (C=O) groups is 1. The number of rotatable bonds is 3. The van der Waals surface area contributed by atoms with Gasteiger partial charge in [0.05, 0.1) is 41.8 Å². The fourth-order valence-corrected chi connectivity index (χ4v) is 4.82. The lowest BCUT2D eigenvalue weighted by Gasteiger charge is -2.31. The third-order valence-electron chi connectivity index (χ3n) is 5.34. The van der Waals surface area contributed by atoms with Crippen LogP contribution < -0.4 is 10.3 Å². The van der Waals surface area contributed by atoms with Gasteiger partial charge in [0.1, 0.15) is 17.1 Å². The monoisotopic (exact) mass is 406 g/mol. The van der Waals surface area contributed by atoms with Crippen LogP contribution in [0.2, 0.25) is 0 Å². The van der Waals surface area contributed by atoms with Crippen LogP contribution in [0.4, 0.5) is 0 Å². The molecular weight excluding hydrogens is 386 g/mol. The van der Waals surface area contributed by atoms with Gasteiger partial charge in [0.2, 0.25) is 0 Å². The van der Waals surface area contributed by atoms with Crippen molar-refractivity contribution in [3.05, 3.63) is 75.6 Å². The van der Waals surface area contributed by atoms with Crippen LogP contribution in [0.15, 0.2) is 63.8 Å². The first-order chi connectivity index (χ1) is 14.2. The van der Waals surface area contributed by atoms with Crippen molar-refractivity contribution in [1.29, 1.82) is 0 Å². The first-order valence-electron chi connectivity index (χ1n) is 9.67. The van der Waals surface area contributed by atoms with Crippen molar-refractivity contribution in [3.63, 3.8) is 0 Å². The number of hydrogen-bond acceptors (Lipinski definition) is 5. The normalized spacial score (nSPS) is 15.2. The van der Waals surface area contributed by atoms with E-state index in [1.54, 1.807) is 40.5 Å². The molecule has 29 heavy (non-hydrogen) atoms. The maximum Gasteiger partial charge on any atom is 0.290 e. The van der Waals surface area contributed by atoms with E-state index in [9.17, 15) is 9.59 Å². The lowest BCUT2D eigenvalue weighted by atomic mass is 10.2. The summed E-state index contributed by atoms with van der Waals surface area (Å²) in [6.07, 6.45) is 0. The Bertz CT molecular complexity index is 1220. The number of benzene rings is 2. The summed E-state index contributed by atoms with van der Waals surface area (Å²) in [7, 11) is 0. The highest BCUT2D eigenvalue weighted by Crippen LogP contribution is 2.21. The van der Waals surface area contributed by atoms with Gasteiger partial charge in [-0.3, -0.25) is 9.59 Å². The molecule has 7 heteroatoms.